The van der Waals surface area contributed by atoms with Gasteiger partial charge in [0.25, 0.3) is 5.91 Å². The van der Waals surface area contributed by atoms with Gasteiger partial charge in [-0.2, -0.15) is 0 Å². The Labute approximate surface area is 173 Å². The first-order valence-electron chi connectivity index (χ1n) is 9.36. The maximum atomic E-state index is 12.5. The molecule has 3 heterocycles. The predicted octanol–water partition coefficient (Wildman–Crippen LogP) is 3.60. The number of hydrogen-bond donors (Lipinski definition) is 2. The van der Waals surface area contributed by atoms with Crippen LogP contribution in [-0.2, 0) is 4.74 Å². The normalized spacial score (nSPS) is 32.9. The van der Waals surface area contributed by atoms with Crippen LogP contribution in [0.1, 0.15) is 29.6 Å². The fraction of sp³-hybridized carbons (Fsp3) is 0.579. The zero-order valence-electron chi connectivity index (χ0n) is 14.9. The molecule has 2 N–H and O–H groups in total. The zero-order valence-corrected chi connectivity index (χ0v) is 17.2. The topological polar surface area (TPSA) is 62.7 Å². The molecule has 5 nitrogen and oxygen atoms in total. The van der Waals surface area contributed by atoms with Gasteiger partial charge in [-0.25, -0.2) is 0 Å². The minimum Gasteiger partial charge on any atom is -0.358 e. The van der Waals surface area contributed by atoms with Crippen molar-refractivity contribution in [2.24, 2.45) is 16.8 Å². The Morgan fingerprint density at radius 3 is 3.04 bits per heavy atom. The molecule has 2 bridgehead atoms. The van der Waals surface area contributed by atoms with Crippen LogP contribution in [-0.4, -0.2) is 48.7 Å². The average molecular weight is 428 g/mol. The largest absolute Gasteiger partial charge is 0.358 e. The Morgan fingerprint density at radius 1 is 1.37 bits per heavy atom. The minimum absolute atomic E-state index is 0.192. The van der Waals surface area contributed by atoms with Crippen LogP contribution in [0.25, 0.3) is 0 Å². The van der Waals surface area contributed by atoms with Gasteiger partial charge in [-0.15, -0.1) is 11.8 Å². The number of halogens is 2. The van der Waals surface area contributed by atoms with E-state index in [4.69, 9.17) is 27.9 Å². The third-order valence-corrected chi connectivity index (χ3v) is 7.28. The molecule has 2 saturated heterocycles. The lowest BCUT2D eigenvalue weighted by molar-refractivity contribution is -0.0968. The van der Waals surface area contributed by atoms with E-state index < -0.39 is 0 Å². The van der Waals surface area contributed by atoms with Crippen molar-refractivity contribution in [3.63, 3.8) is 0 Å². The van der Waals surface area contributed by atoms with Crippen molar-refractivity contribution in [3.05, 3.63) is 33.8 Å². The second-order valence-electron chi connectivity index (χ2n) is 7.39. The van der Waals surface area contributed by atoms with Gasteiger partial charge in [0.15, 0.2) is 0 Å². The van der Waals surface area contributed by atoms with Gasteiger partial charge in [0.2, 0.25) is 0 Å². The number of hydrogen-bond acceptors (Lipinski definition) is 5. The highest BCUT2D eigenvalue weighted by molar-refractivity contribution is 8.12. The van der Waals surface area contributed by atoms with Crippen LogP contribution in [0.4, 0.5) is 0 Å². The average Bonchev–Trinajstić information content (AvgIpc) is 3.15. The van der Waals surface area contributed by atoms with Crippen LogP contribution in [0.3, 0.4) is 0 Å². The number of carbonyl (C=O) groups excluding carboxylic acids is 1. The first-order valence-corrected chi connectivity index (χ1v) is 11.1. The molecule has 1 aromatic rings. The van der Waals surface area contributed by atoms with Gasteiger partial charge in [-0.05, 0) is 49.3 Å². The van der Waals surface area contributed by atoms with E-state index in [9.17, 15) is 4.79 Å². The molecule has 1 saturated carbocycles. The van der Waals surface area contributed by atoms with Crippen LogP contribution in [0.2, 0.25) is 10.0 Å². The number of rotatable bonds is 4. The highest BCUT2D eigenvalue weighted by atomic mass is 35.5. The summed E-state index contributed by atoms with van der Waals surface area (Å²) in [5.74, 6) is 0.980. The van der Waals surface area contributed by atoms with Crippen molar-refractivity contribution in [1.29, 1.82) is 0 Å². The zero-order chi connectivity index (χ0) is 18.8. The lowest BCUT2D eigenvalue weighted by Gasteiger charge is -2.43. The third kappa shape index (κ3) is 4.62. The molecule has 1 aliphatic carbocycles. The molecule has 8 heteroatoms. The number of thioether (sulfide) groups is 1. The van der Waals surface area contributed by atoms with Gasteiger partial charge in [0, 0.05) is 16.8 Å². The maximum absolute atomic E-state index is 12.5. The van der Waals surface area contributed by atoms with E-state index in [2.05, 4.69) is 15.6 Å². The van der Waals surface area contributed by atoms with E-state index in [0.29, 0.717) is 39.2 Å². The summed E-state index contributed by atoms with van der Waals surface area (Å²) in [6, 6.07) is 4.88. The molecule has 4 aliphatic rings. The van der Waals surface area contributed by atoms with E-state index in [1.165, 1.54) is 12.8 Å². The number of ether oxygens (including phenoxy) is 1. The van der Waals surface area contributed by atoms with Crippen LogP contribution in [0, 0.1) is 11.8 Å². The second kappa shape index (κ2) is 8.70. The molecular formula is C19H23Cl2N3O2S. The van der Waals surface area contributed by atoms with Gasteiger partial charge < -0.3 is 10.1 Å². The molecule has 0 spiro atoms. The highest BCUT2D eigenvalue weighted by Crippen LogP contribution is 2.40. The molecule has 1 amide bonds. The second-order valence-corrected chi connectivity index (χ2v) is 9.33. The van der Waals surface area contributed by atoms with Crippen molar-refractivity contribution >= 4 is 46.4 Å². The lowest BCUT2D eigenvalue weighted by Crippen LogP contribution is -2.53. The van der Waals surface area contributed by atoms with Gasteiger partial charge in [-0.1, -0.05) is 23.2 Å². The quantitative estimate of drug-likeness (QED) is 0.770. The van der Waals surface area contributed by atoms with E-state index in [1.54, 1.807) is 18.2 Å². The number of fused-ring (bicyclic) bond motifs is 5. The molecule has 5 unspecified atom stereocenters. The molecule has 1 aromatic carbocycles. The van der Waals surface area contributed by atoms with Crippen LogP contribution >= 0.6 is 35.0 Å². The number of aliphatic imine (C=N–C) groups is 1. The van der Waals surface area contributed by atoms with Crippen molar-refractivity contribution < 1.29 is 9.53 Å². The Morgan fingerprint density at radius 2 is 2.26 bits per heavy atom. The van der Waals surface area contributed by atoms with Crippen LogP contribution in [0.5, 0.6) is 0 Å². The predicted molar refractivity (Wildman–Crippen MR) is 111 cm³/mol. The summed E-state index contributed by atoms with van der Waals surface area (Å²) in [6.07, 6.45) is 3.50. The summed E-state index contributed by atoms with van der Waals surface area (Å²) in [4.78, 5) is 16.9. The molecule has 27 heavy (non-hydrogen) atoms. The lowest BCUT2D eigenvalue weighted by atomic mass is 9.77. The Hall–Kier alpha value is -0.790. The Kier molecular flexibility index (Phi) is 6.29. The summed E-state index contributed by atoms with van der Waals surface area (Å²) in [5.41, 5.74) is 2.40. The Balaban J connectivity index is 1.37. The van der Waals surface area contributed by atoms with Crippen molar-refractivity contribution in [2.75, 3.05) is 19.6 Å². The standard InChI is InChI=1S/C19H23Cl2N3O2S/c20-12-2-3-13(15(21)6-12)19(25)24-9-18-23-7-11-1-4-16(26-18)14(5-11)17-8-22-10-27-17/h2-3,6,10-11,14,16-18,23H,1,4-5,7-9H2,(H,24,25). The summed E-state index contributed by atoms with van der Waals surface area (Å²) in [7, 11) is 0. The summed E-state index contributed by atoms with van der Waals surface area (Å²) >= 11 is 13.9. The number of amides is 1. The number of carbonyl (C=O) groups is 1. The van der Waals surface area contributed by atoms with Crippen LogP contribution in [0.15, 0.2) is 23.2 Å². The molecule has 5 atom stereocenters. The van der Waals surface area contributed by atoms with Gasteiger partial charge >= 0.3 is 0 Å². The van der Waals surface area contributed by atoms with E-state index in [1.807, 2.05) is 17.3 Å². The fourth-order valence-corrected chi connectivity index (χ4v) is 5.68. The number of nitrogens with one attached hydrogen (secondary N) is 2. The summed E-state index contributed by atoms with van der Waals surface area (Å²) < 4.78 is 6.39. The SMILES string of the molecule is O=C(NCC1NCC2CCC(O1)C(C1CN=CS1)C2)c1ccc(Cl)cc1Cl. The summed E-state index contributed by atoms with van der Waals surface area (Å²) in [5, 5.41) is 7.79. The molecule has 146 valence electrons. The van der Waals surface area contributed by atoms with Crippen molar-refractivity contribution in [2.45, 2.75) is 36.8 Å². The molecule has 3 fully saturated rings. The minimum atomic E-state index is -0.217. The highest BCUT2D eigenvalue weighted by Gasteiger charge is 2.40. The van der Waals surface area contributed by atoms with Gasteiger partial charge in [0.1, 0.15) is 6.23 Å². The Bertz CT molecular complexity index is 725. The molecule has 0 aromatic heterocycles. The molecule has 3 aliphatic heterocycles. The van der Waals surface area contributed by atoms with E-state index in [0.717, 1.165) is 19.5 Å². The first-order chi connectivity index (χ1) is 13.1. The smallest absolute Gasteiger partial charge is 0.252 e. The summed E-state index contributed by atoms with van der Waals surface area (Å²) in [6.45, 7) is 2.22. The fourth-order valence-electron chi connectivity index (χ4n) is 4.19. The third-order valence-electron chi connectivity index (χ3n) is 5.61. The van der Waals surface area contributed by atoms with Crippen molar-refractivity contribution in [3.8, 4) is 0 Å². The van der Waals surface area contributed by atoms with Crippen LogP contribution < -0.4 is 10.6 Å². The number of nitrogens with zero attached hydrogens (tertiary/aromatic N) is 1. The molecule has 5 rings (SSSR count). The number of benzene rings is 1. The monoisotopic (exact) mass is 427 g/mol. The van der Waals surface area contributed by atoms with E-state index >= 15 is 0 Å². The first kappa shape index (κ1) is 19.5. The van der Waals surface area contributed by atoms with Gasteiger partial charge in [0.05, 0.1) is 35.3 Å². The molecular weight excluding hydrogens is 405 g/mol. The van der Waals surface area contributed by atoms with Crippen molar-refractivity contribution in [1.82, 2.24) is 10.6 Å². The van der Waals surface area contributed by atoms with E-state index in [-0.39, 0.29) is 18.2 Å². The van der Waals surface area contributed by atoms with Gasteiger partial charge in [-0.3, -0.25) is 15.1 Å². The molecule has 0 radical (unpaired) electrons. The maximum Gasteiger partial charge on any atom is 0.252 e.